The number of hydrogen-bond donors (Lipinski definition) is 1. The van der Waals surface area contributed by atoms with Gasteiger partial charge in [0, 0.05) is 24.1 Å². The highest BCUT2D eigenvalue weighted by Gasteiger charge is 2.17. The third-order valence-corrected chi connectivity index (χ3v) is 4.40. The van der Waals surface area contributed by atoms with Crippen molar-refractivity contribution in [1.82, 2.24) is 24.8 Å². The maximum atomic E-state index is 5.54. The molecule has 0 fully saturated rings. The van der Waals surface area contributed by atoms with Crippen molar-refractivity contribution >= 4 is 11.5 Å². The predicted octanol–water partition coefficient (Wildman–Crippen LogP) is 3.88. The predicted molar refractivity (Wildman–Crippen MR) is 99.0 cm³/mol. The molecule has 7 nitrogen and oxygen atoms in total. The van der Waals surface area contributed by atoms with Gasteiger partial charge in [-0.05, 0) is 20.8 Å². The summed E-state index contributed by atoms with van der Waals surface area (Å²) in [6, 6.07) is 11.9. The number of nitrogens with zero attached hydrogens (tertiary/aromatic N) is 5. The van der Waals surface area contributed by atoms with Crippen molar-refractivity contribution in [3.05, 3.63) is 59.4 Å². The molecule has 0 aliphatic carbocycles. The van der Waals surface area contributed by atoms with Crippen LogP contribution in [0.25, 0.3) is 16.9 Å². The minimum atomic E-state index is -0.157. The first-order chi connectivity index (χ1) is 12.5. The van der Waals surface area contributed by atoms with Gasteiger partial charge in [-0.25, -0.2) is 4.98 Å². The topological polar surface area (TPSA) is 81.1 Å². The molecule has 0 bridgehead atoms. The summed E-state index contributed by atoms with van der Waals surface area (Å²) in [5.41, 5.74) is 4.79. The first kappa shape index (κ1) is 16.3. The average molecular weight is 348 g/mol. The number of benzene rings is 1. The molecule has 0 saturated carbocycles. The van der Waals surface area contributed by atoms with E-state index in [0.29, 0.717) is 11.8 Å². The summed E-state index contributed by atoms with van der Waals surface area (Å²) in [6.45, 7) is 7.78. The summed E-state index contributed by atoms with van der Waals surface area (Å²) in [5, 5.41) is 16.1. The van der Waals surface area contributed by atoms with E-state index in [1.165, 1.54) is 0 Å². The van der Waals surface area contributed by atoms with Crippen molar-refractivity contribution in [3.8, 4) is 11.3 Å². The number of rotatable bonds is 4. The molecule has 0 saturated heterocycles. The molecule has 3 aromatic heterocycles. The van der Waals surface area contributed by atoms with Crippen molar-refractivity contribution in [2.75, 3.05) is 5.32 Å². The Hall–Kier alpha value is -3.22. The second-order valence-electron chi connectivity index (χ2n) is 6.36. The Labute approximate surface area is 151 Å². The van der Waals surface area contributed by atoms with Crippen molar-refractivity contribution in [1.29, 1.82) is 0 Å². The lowest BCUT2D eigenvalue weighted by Gasteiger charge is -2.14. The molecule has 7 heteroatoms. The SMILES string of the molecule is Cc1nnc(C(C)Nc2cc(-c3ccccc3)nc3c(C)c(C)nn23)o1. The van der Waals surface area contributed by atoms with E-state index in [2.05, 4.69) is 20.6 Å². The van der Waals surface area contributed by atoms with E-state index in [1.807, 2.05) is 61.7 Å². The second-order valence-corrected chi connectivity index (χ2v) is 6.36. The molecule has 1 N–H and O–H groups in total. The van der Waals surface area contributed by atoms with Gasteiger partial charge < -0.3 is 9.73 Å². The van der Waals surface area contributed by atoms with E-state index in [4.69, 9.17) is 9.40 Å². The normalized spacial score (nSPS) is 12.5. The van der Waals surface area contributed by atoms with E-state index in [0.717, 1.165) is 34.0 Å². The maximum Gasteiger partial charge on any atom is 0.238 e. The van der Waals surface area contributed by atoms with Gasteiger partial charge in [0.2, 0.25) is 11.8 Å². The molecule has 4 aromatic rings. The van der Waals surface area contributed by atoms with E-state index in [1.54, 1.807) is 6.92 Å². The number of nitrogens with one attached hydrogen (secondary N) is 1. The fraction of sp³-hybridized carbons (Fsp3) is 0.263. The Kier molecular flexibility index (Phi) is 3.91. The molecular formula is C19H20N6O. The Balaban J connectivity index is 1.83. The van der Waals surface area contributed by atoms with Crippen LogP contribution in [0.1, 0.15) is 36.0 Å². The minimum Gasteiger partial charge on any atom is -0.423 e. The lowest BCUT2D eigenvalue weighted by molar-refractivity contribution is 0.450. The monoisotopic (exact) mass is 348 g/mol. The Bertz CT molecular complexity index is 1070. The summed E-state index contributed by atoms with van der Waals surface area (Å²) in [7, 11) is 0. The number of fused-ring (bicyclic) bond motifs is 1. The van der Waals surface area contributed by atoms with E-state index < -0.39 is 0 Å². The van der Waals surface area contributed by atoms with Crippen LogP contribution in [0.2, 0.25) is 0 Å². The van der Waals surface area contributed by atoms with Gasteiger partial charge in [-0.1, -0.05) is 30.3 Å². The van der Waals surface area contributed by atoms with Crippen LogP contribution in [0.4, 0.5) is 5.82 Å². The zero-order valence-electron chi connectivity index (χ0n) is 15.2. The molecule has 4 rings (SSSR count). The Morgan fingerprint density at radius 1 is 1.08 bits per heavy atom. The molecule has 132 valence electrons. The van der Waals surface area contributed by atoms with Gasteiger partial charge in [-0.3, -0.25) is 0 Å². The van der Waals surface area contributed by atoms with Crippen molar-refractivity contribution < 1.29 is 4.42 Å². The van der Waals surface area contributed by atoms with Gasteiger partial charge in [0.15, 0.2) is 5.65 Å². The fourth-order valence-electron chi connectivity index (χ4n) is 2.86. The molecule has 1 unspecified atom stereocenters. The summed E-state index contributed by atoms with van der Waals surface area (Å²) in [5.74, 6) is 1.91. The molecule has 0 spiro atoms. The summed E-state index contributed by atoms with van der Waals surface area (Å²) in [4.78, 5) is 4.82. The van der Waals surface area contributed by atoms with Gasteiger partial charge in [-0.2, -0.15) is 9.61 Å². The number of aryl methyl sites for hydroxylation is 3. The molecule has 0 aliphatic rings. The highest BCUT2D eigenvalue weighted by molar-refractivity contribution is 5.68. The molecule has 3 heterocycles. The first-order valence-corrected chi connectivity index (χ1v) is 8.52. The van der Waals surface area contributed by atoms with Crippen LogP contribution in [0.5, 0.6) is 0 Å². The van der Waals surface area contributed by atoms with Crippen molar-refractivity contribution in [2.24, 2.45) is 0 Å². The van der Waals surface area contributed by atoms with E-state index in [-0.39, 0.29) is 6.04 Å². The van der Waals surface area contributed by atoms with Crippen LogP contribution in [-0.4, -0.2) is 24.8 Å². The third kappa shape index (κ3) is 2.81. The van der Waals surface area contributed by atoms with Crippen LogP contribution in [-0.2, 0) is 0 Å². The number of aromatic nitrogens is 5. The number of hydrogen-bond acceptors (Lipinski definition) is 6. The molecule has 0 aliphatic heterocycles. The summed E-state index contributed by atoms with van der Waals surface area (Å²) >= 11 is 0. The van der Waals surface area contributed by atoms with Gasteiger partial charge in [-0.15, -0.1) is 10.2 Å². The van der Waals surface area contributed by atoms with Crippen molar-refractivity contribution in [3.63, 3.8) is 0 Å². The fourth-order valence-corrected chi connectivity index (χ4v) is 2.86. The second kappa shape index (κ2) is 6.25. The summed E-state index contributed by atoms with van der Waals surface area (Å²) < 4.78 is 7.37. The number of anilines is 1. The van der Waals surface area contributed by atoms with Crippen LogP contribution in [0.3, 0.4) is 0 Å². The molecule has 1 atom stereocenters. The summed E-state index contributed by atoms with van der Waals surface area (Å²) in [6.07, 6.45) is 0. The highest BCUT2D eigenvalue weighted by Crippen LogP contribution is 2.27. The van der Waals surface area contributed by atoms with E-state index >= 15 is 0 Å². The molecule has 0 radical (unpaired) electrons. The minimum absolute atomic E-state index is 0.157. The average Bonchev–Trinajstić information content (AvgIpc) is 3.20. The van der Waals surface area contributed by atoms with Gasteiger partial charge in [0.1, 0.15) is 11.9 Å². The molecule has 0 amide bonds. The van der Waals surface area contributed by atoms with Crippen LogP contribution < -0.4 is 5.32 Å². The third-order valence-electron chi connectivity index (χ3n) is 4.40. The standard InChI is InChI=1S/C19H20N6O/c1-11-12(2)24-25-17(20-13(3)19-23-22-14(4)26-19)10-16(21-18(11)25)15-8-6-5-7-9-15/h5-10,13,20H,1-4H3. The zero-order chi connectivity index (χ0) is 18.3. The Morgan fingerprint density at radius 2 is 1.85 bits per heavy atom. The van der Waals surface area contributed by atoms with Gasteiger partial charge in [0.25, 0.3) is 0 Å². The van der Waals surface area contributed by atoms with Crippen molar-refractivity contribution in [2.45, 2.75) is 33.7 Å². The lowest BCUT2D eigenvalue weighted by atomic mass is 10.1. The zero-order valence-corrected chi connectivity index (χ0v) is 15.2. The molecular weight excluding hydrogens is 328 g/mol. The van der Waals surface area contributed by atoms with E-state index in [9.17, 15) is 0 Å². The quantitative estimate of drug-likeness (QED) is 0.603. The van der Waals surface area contributed by atoms with Gasteiger partial charge >= 0.3 is 0 Å². The highest BCUT2D eigenvalue weighted by atomic mass is 16.4. The Morgan fingerprint density at radius 3 is 2.54 bits per heavy atom. The van der Waals surface area contributed by atoms with Crippen LogP contribution in [0, 0.1) is 20.8 Å². The first-order valence-electron chi connectivity index (χ1n) is 8.52. The lowest BCUT2D eigenvalue weighted by Crippen LogP contribution is -2.11. The van der Waals surface area contributed by atoms with Crippen LogP contribution in [0.15, 0.2) is 40.8 Å². The van der Waals surface area contributed by atoms with Crippen LogP contribution >= 0.6 is 0 Å². The maximum absolute atomic E-state index is 5.54. The van der Waals surface area contributed by atoms with Gasteiger partial charge in [0.05, 0.1) is 11.4 Å². The largest absolute Gasteiger partial charge is 0.423 e. The molecule has 1 aromatic carbocycles. The molecule has 26 heavy (non-hydrogen) atoms. The smallest absolute Gasteiger partial charge is 0.238 e.